The van der Waals surface area contributed by atoms with E-state index in [4.69, 9.17) is 23.4 Å². The molecule has 0 aliphatic heterocycles. The molecule has 2 aliphatic carbocycles. The molecule has 10 heteroatoms. The molecule has 0 heterocycles. The van der Waals surface area contributed by atoms with E-state index < -0.39 is 31.8 Å². The predicted molar refractivity (Wildman–Crippen MR) is 171 cm³/mol. The number of esters is 4. The molecule has 44 heavy (non-hydrogen) atoms. The number of ether oxygens (including phenoxy) is 4. The third-order valence-electron chi connectivity index (χ3n) is 10.4. The summed E-state index contributed by atoms with van der Waals surface area (Å²) in [5, 5.41) is -0.0979. The van der Waals surface area contributed by atoms with Gasteiger partial charge in [0.1, 0.15) is 32.0 Å². The second-order valence-corrected chi connectivity index (χ2v) is 19.5. The lowest BCUT2D eigenvalue weighted by Crippen LogP contribution is -2.58. The van der Waals surface area contributed by atoms with Crippen LogP contribution < -0.4 is 0 Å². The first kappa shape index (κ1) is 37.7. The second-order valence-electron chi connectivity index (χ2n) is 14.7. The van der Waals surface area contributed by atoms with E-state index in [1.165, 1.54) is 27.7 Å². The Labute approximate surface area is 265 Å². The van der Waals surface area contributed by atoms with Crippen molar-refractivity contribution < 1.29 is 42.6 Å². The quantitative estimate of drug-likeness (QED) is 0.0999. The van der Waals surface area contributed by atoms with E-state index in [1.54, 1.807) is 0 Å². The fourth-order valence-corrected chi connectivity index (χ4v) is 8.21. The molecule has 0 bridgehead atoms. The minimum atomic E-state index is -2.32. The smallest absolute Gasteiger partial charge is 0.302 e. The first-order valence-corrected chi connectivity index (χ1v) is 18.7. The molecule has 2 fully saturated rings. The average molecular weight is 637 g/mol. The Balaban J connectivity index is 2.54. The molecule has 6 atom stereocenters. The van der Waals surface area contributed by atoms with Gasteiger partial charge in [-0.25, -0.2) is 0 Å². The lowest BCUT2D eigenvalue weighted by molar-refractivity contribution is -0.191. The van der Waals surface area contributed by atoms with E-state index in [0.717, 1.165) is 30.4 Å². The Kier molecular flexibility index (Phi) is 12.6. The molecule has 0 amide bonds. The van der Waals surface area contributed by atoms with Crippen molar-refractivity contribution in [2.45, 2.75) is 125 Å². The molecule has 0 aromatic carbocycles. The number of fused-ring (bicyclic) bond motifs is 1. The maximum atomic E-state index is 12.1. The van der Waals surface area contributed by atoms with E-state index in [9.17, 15) is 19.2 Å². The third kappa shape index (κ3) is 9.28. The van der Waals surface area contributed by atoms with Crippen LogP contribution in [0.2, 0.25) is 18.1 Å². The molecule has 0 saturated heterocycles. The van der Waals surface area contributed by atoms with Gasteiger partial charge in [-0.05, 0) is 73.1 Å². The molecule has 0 spiro atoms. The number of rotatable bonds is 12. The summed E-state index contributed by atoms with van der Waals surface area (Å²) in [6, 6.07) is 0. The topological polar surface area (TPSA) is 114 Å². The highest BCUT2D eigenvalue weighted by atomic mass is 28.4. The number of allylic oxidation sites excluding steroid dienone is 2. The van der Waals surface area contributed by atoms with Gasteiger partial charge in [-0.2, -0.15) is 0 Å². The van der Waals surface area contributed by atoms with E-state index in [0.29, 0.717) is 12.8 Å². The standard InChI is InChI=1S/C34H56O9Si/c1-22-13-16-30-33(9,18-17-31(42-26(5)38)34(30,10)21-41-25(4)37)28(22)15-14-27(19-39-23(2)35)29(20-40-24(3)36)43-44(11,12)32(6,7)8/h14,28-31H,1,13,15-21H2,2-12H3/b27-14-/t28-,29-,30+,31-,33+,34+/m1/s1. The zero-order valence-corrected chi connectivity index (χ0v) is 29.9. The molecule has 9 nitrogen and oxygen atoms in total. The highest BCUT2D eigenvalue weighted by molar-refractivity contribution is 6.74. The SMILES string of the molecule is C=C1CC[C@@H]2[C@](C)(COC(C)=O)[C@H](OC(C)=O)CC[C@@]2(C)[C@@H]1C/C=C(/COC(C)=O)[C@@H](COC(C)=O)O[Si](C)(C)C(C)(C)C. The van der Waals surface area contributed by atoms with E-state index >= 15 is 0 Å². The molecule has 0 unspecified atom stereocenters. The van der Waals surface area contributed by atoms with Crippen LogP contribution in [0.1, 0.15) is 94.4 Å². The maximum Gasteiger partial charge on any atom is 0.302 e. The molecule has 0 aromatic heterocycles. The fraction of sp³-hybridized carbons (Fsp3) is 0.765. The van der Waals surface area contributed by atoms with Crippen molar-refractivity contribution in [3.63, 3.8) is 0 Å². The summed E-state index contributed by atoms with van der Waals surface area (Å²) in [7, 11) is -2.32. The van der Waals surface area contributed by atoms with Crippen LogP contribution in [-0.4, -0.2) is 64.2 Å². The first-order valence-electron chi connectivity index (χ1n) is 15.8. The van der Waals surface area contributed by atoms with Gasteiger partial charge in [-0.3, -0.25) is 19.2 Å². The molecule has 250 valence electrons. The van der Waals surface area contributed by atoms with Gasteiger partial charge >= 0.3 is 23.9 Å². The van der Waals surface area contributed by atoms with Gasteiger partial charge in [0.25, 0.3) is 0 Å². The Morgan fingerprint density at radius 3 is 2.07 bits per heavy atom. The number of carbonyl (C=O) groups excluding carboxylic acids is 4. The van der Waals surface area contributed by atoms with E-state index in [1.807, 2.05) is 0 Å². The zero-order valence-electron chi connectivity index (χ0n) is 28.9. The molecular weight excluding hydrogens is 580 g/mol. The van der Waals surface area contributed by atoms with Crippen LogP contribution in [-0.2, 0) is 42.6 Å². The van der Waals surface area contributed by atoms with Crippen molar-refractivity contribution in [3.05, 3.63) is 23.8 Å². The highest BCUT2D eigenvalue weighted by Gasteiger charge is 2.59. The van der Waals surface area contributed by atoms with Gasteiger partial charge < -0.3 is 23.4 Å². The molecule has 0 radical (unpaired) electrons. The molecule has 0 N–H and O–H groups in total. The number of hydrogen-bond acceptors (Lipinski definition) is 9. The van der Waals surface area contributed by atoms with E-state index in [2.05, 4.69) is 60.4 Å². The van der Waals surface area contributed by atoms with Crippen LogP contribution in [0.15, 0.2) is 23.8 Å². The summed E-state index contributed by atoms with van der Waals surface area (Å²) in [5.41, 5.74) is 1.09. The molecule has 0 aromatic rings. The van der Waals surface area contributed by atoms with Gasteiger partial charge in [0.05, 0.1) is 0 Å². The summed E-state index contributed by atoms with van der Waals surface area (Å²) in [6.45, 7) is 25.3. The Morgan fingerprint density at radius 2 is 1.55 bits per heavy atom. The predicted octanol–water partition coefficient (Wildman–Crippen LogP) is 6.70. The van der Waals surface area contributed by atoms with Crippen LogP contribution in [0.3, 0.4) is 0 Å². The van der Waals surface area contributed by atoms with Crippen molar-refractivity contribution in [1.82, 2.24) is 0 Å². The Hall–Kier alpha value is -2.46. The van der Waals surface area contributed by atoms with Crippen LogP contribution in [0, 0.1) is 22.7 Å². The van der Waals surface area contributed by atoms with Crippen LogP contribution in [0.4, 0.5) is 0 Å². The molecular formula is C34H56O9Si. The average Bonchev–Trinajstić information content (AvgIpc) is 2.87. The van der Waals surface area contributed by atoms with Crippen LogP contribution in [0.25, 0.3) is 0 Å². The molecule has 2 saturated carbocycles. The van der Waals surface area contributed by atoms with Crippen molar-refractivity contribution in [2.24, 2.45) is 22.7 Å². The second kappa shape index (κ2) is 14.8. The van der Waals surface area contributed by atoms with E-state index in [-0.39, 0.29) is 60.2 Å². The Bertz CT molecular complexity index is 1120. The molecule has 2 aliphatic rings. The van der Waals surface area contributed by atoms with Gasteiger partial charge in [0, 0.05) is 33.1 Å². The summed E-state index contributed by atoms with van der Waals surface area (Å²) < 4.78 is 29.1. The van der Waals surface area contributed by atoms with Crippen molar-refractivity contribution in [2.75, 3.05) is 19.8 Å². The van der Waals surface area contributed by atoms with Crippen LogP contribution in [0.5, 0.6) is 0 Å². The van der Waals surface area contributed by atoms with Gasteiger partial charge in [0.2, 0.25) is 0 Å². The number of carbonyl (C=O) groups is 4. The Morgan fingerprint density at radius 1 is 0.955 bits per heavy atom. The fourth-order valence-electron chi connectivity index (χ4n) is 6.93. The van der Waals surface area contributed by atoms with Crippen molar-refractivity contribution in [1.29, 1.82) is 0 Å². The van der Waals surface area contributed by atoms with Crippen molar-refractivity contribution >= 4 is 32.2 Å². The van der Waals surface area contributed by atoms with Gasteiger partial charge in [-0.1, -0.05) is 52.8 Å². The van der Waals surface area contributed by atoms with Gasteiger partial charge in [-0.15, -0.1) is 0 Å². The van der Waals surface area contributed by atoms with Crippen LogP contribution >= 0.6 is 0 Å². The third-order valence-corrected chi connectivity index (χ3v) is 14.8. The maximum absolute atomic E-state index is 12.1. The summed E-state index contributed by atoms with van der Waals surface area (Å²) in [6.07, 6.45) is 4.82. The largest absolute Gasteiger partial charge is 0.465 e. The number of hydrogen-bond donors (Lipinski definition) is 0. The minimum Gasteiger partial charge on any atom is -0.465 e. The zero-order chi connectivity index (χ0) is 33.7. The normalized spacial score (nSPS) is 28.4. The monoisotopic (exact) mass is 636 g/mol. The van der Waals surface area contributed by atoms with Gasteiger partial charge in [0.15, 0.2) is 8.32 Å². The molecule has 2 rings (SSSR count). The highest BCUT2D eigenvalue weighted by Crippen LogP contribution is 2.62. The first-order chi connectivity index (χ1) is 20.1. The lowest BCUT2D eigenvalue weighted by Gasteiger charge is -2.60. The summed E-state index contributed by atoms with van der Waals surface area (Å²) in [5.74, 6) is -1.38. The van der Waals surface area contributed by atoms with Crippen molar-refractivity contribution in [3.8, 4) is 0 Å². The summed E-state index contributed by atoms with van der Waals surface area (Å²) >= 11 is 0. The lowest BCUT2D eigenvalue weighted by atomic mass is 9.46. The summed E-state index contributed by atoms with van der Waals surface area (Å²) in [4.78, 5) is 47.7. The minimum absolute atomic E-state index is 0.0188.